The molecule has 2 heterocycles. The van der Waals surface area contributed by atoms with Crippen molar-refractivity contribution in [2.24, 2.45) is 0 Å². The lowest BCUT2D eigenvalue weighted by Crippen LogP contribution is -2.52. The highest BCUT2D eigenvalue weighted by Gasteiger charge is 2.33. The van der Waals surface area contributed by atoms with E-state index >= 15 is 0 Å². The topological polar surface area (TPSA) is 95.2 Å². The molecule has 8 heteroatoms. The molecule has 0 spiro atoms. The number of nitrogen functional groups attached to an aromatic ring is 2. The molecule has 1 unspecified atom stereocenters. The molecule has 1 aromatic carbocycles. The molecule has 0 bridgehead atoms. The minimum Gasteiger partial charge on any atom is -0.378 e. The summed E-state index contributed by atoms with van der Waals surface area (Å²) in [5, 5.41) is 4.24. The molecule has 1 atom stereocenters. The molecule has 1 saturated carbocycles. The monoisotopic (exact) mass is 374 g/mol. The molecule has 27 heavy (non-hydrogen) atoms. The number of aromatic nitrogens is 3. The number of hydrogen-bond donors (Lipinski definition) is 2. The van der Waals surface area contributed by atoms with Crippen LogP contribution in [0.4, 0.5) is 16.3 Å². The molecule has 4 rings (SSSR count). The molecular weight excluding hydrogens is 347 g/mol. The van der Waals surface area contributed by atoms with E-state index in [0.29, 0.717) is 18.0 Å². The number of morpholine rings is 1. The Morgan fingerprint density at radius 2 is 1.78 bits per heavy atom. The van der Waals surface area contributed by atoms with Gasteiger partial charge in [0.05, 0.1) is 19.3 Å². The summed E-state index contributed by atoms with van der Waals surface area (Å²) in [6, 6.07) is 7.93. The summed E-state index contributed by atoms with van der Waals surface area (Å²) in [6.07, 6.45) is 5.08. The minimum absolute atomic E-state index is 0.193. The van der Waals surface area contributed by atoms with Crippen LogP contribution in [-0.4, -0.2) is 51.5 Å². The third-order valence-electron chi connectivity index (χ3n) is 5.81. The van der Waals surface area contributed by atoms with Crippen LogP contribution in [0.1, 0.15) is 37.3 Å². The Bertz CT molecular complexity index is 756. The van der Waals surface area contributed by atoms with Gasteiger partial charge in [0, 0.05) is 18.6 Å². The van der Waals surface area contributed by atoms with Crippen molar-refractivity contribution >= 4 is 11.9 Å². The zero-order valence-electron chi connectivity index (χ0n) is 15.4. The average molecular weight is 374 g/mol. The first-order valence-corrected chi connectivity index (χ1v) is 9.65. The summed E-state index contributed by atoms with van der Waals surface area (Å²) < 4.78 is 20.7. The van der Waals surface area contributed by atoms with E-state index in [-0.39, 0.29) is 17.8 Å². The first-order valence-electron chi connectivity index (χ1n) is 9.65. The van der Waals surface area contributed by atoms with Crippen molar-refractivity contribution in [3.63, 3.8) is 0 Å². The van der Waals surface area contributed by atoms with Crippen molar-refractivity contribution < 1.29 is 9.13 Å². The SMILES string of the molecule is Nc1nc(N)n(C2CCC(N3CCOCC3Cc3ccc(F)cc3)CC2)n1. The molecule has 1 aliphatic carbocycles. The third kappa shape index (κ3) is 4.06. The van der Waals surface area contributed by atoms with Crippen molar-refractivity contribution in [1.29, 1.82) is 0 Å². The molecule has 1 saturated heterocycles. The van der Waals surface area contributed by atoms with Gasteiger partial charge in [-0.1, -0.05) is 12.1 Å². The van der Waals surface area contributed by atoms with Gasteiger partial charge >= 0.3 is 0 Å². The Morgan fingerprint density at radius 1 is 1.07 bits per heavy atom. The van der Waals surface area contributed by atoms with Gasteiger partial charge in [0.1, 0.15) is 5.82 Å². The highest BCUT2D eigenvalue weighted by Crippen LogP contribution is 2.33. The van der Waals surface area contributed by atoms with E-state index in [2.05, 4.69) is 15.0 Å². The maximum absolute atomic E-state index is 13.2. The summed E-state index contributed by atoms with van der Waals surface area (Å²) >= 11 is 0. The van der Waals surface area contributed by atoms with Gasteiger partial charge < -0.3 is 16.2 Å². The van der Waals surface area contributed by atoms with Crippen LogP contribution in [0.15, 0.2) is 24.3 Å². The molecule has 2 aliphatic rings. The molecular formula is C19H27FN6O. The van der Waals surface area contributed by atoms with Crippen molar-refractivity contribution in [2.75, 3.05) is 31.2 Å². The zero-order chi connectivity index (χ0) is 18.8. The first-order chi connectivity index (χ1) is 13.1. The molecule has 0 radical (unpaired) electrons. The van der Waals surface area contributed by atoms with Crippen LogP contribution in [0.2, 0.25) is 0 Å². The normalized spacial score (nSPS) is 26.9. The van der Waals surface area contributed by atoms with Gasteiger partial charge in [-0.05, 0) is 49.8 Å². The maximum Gasteiger partial charge on any atom is 0.241 e. The van der Waals surface area contributed by atoms with Gasteiger partial charge in [-0.3, -0.25) is 4.90 Å². The van der Waals surface area contributed by atoms with Crippen molar-refractivity contribution in [2.45, 2.75) is 50.2 Å². The summed E-state index contributed by atoms with van der Waals surface area (Å²) in [7, 11) is 0. The predicted octanol–water partition coefficient (Wildman–Crippen LogP) is 2.01. The van der Waals surface area contributed by atoms with Crippen LogP contribution in [0.25, 0.3) is 0 Å². The smallest absolute Gasteiger partial charge is 0.241 e. The van der Waals surface area contributed by atoms with Gasteiger partial charge in [0.2, 0.25) is 11.9 Å². The fourth-order valence-corrected chi connectivity index (χ4v) is 4.47. The van der Waals surface area contributed by atoms with Gasteiger partial charge in [0.25, 0.3) is 0 Å². The summed E-state index contributed by atoms with van der Waals surface area (Å²) in [5.41, 5.74) is 12.7. The average Bonchev–Trinajstić information content (AvgIpc) is 3.02. The number of anilines is 2. The molecule has 146 valence electrons. The second kappa shape index (κ2) is 7.82. The van der Waals surface area contributed by atoms with E-state index in [0.717, 1.165) is 57.4 Å². The Morgan fingerprint density at radius 3 is 2.44 bits per heavy atom. The van der Waals surface area contributed by atoms with E-state index in [1.54, 1.807) is 4.68 Å². The van der Waals surface area contributed by atoms with Crippen LogP contribution >= 0.6 is 0 Å². The summed E-state index contributed by atoms with van der Waals surface area (Å²) in [5.74, 6) is 0.445. The summed E-state index contributed by atoms with van der Waals surface area (Å²) in [4.78, 5) is 6.60. The van der Waals surface area contributed by atoms with E-state index in [1.807, 2.05) is 12.1 Å². The highest BCUT2D eigenvalue weighted by molar-refractivity contribution is 5.27. The molecule has 4 N–H and O–H groups in total. The molecule has 7 nitrogen and oxygen atoms in total. The lowest BCUT2D eigenvalue weighted by atomic mass is 9.88. The number of nitrogens with two attached hydrogens (primary N) is 2. The van der Waals surface area contributed by atoms with E-state index in [9.17, 15) is 4.39 Å². The Kier molecular flexibility index (Phi) is 5.27. The molecule has 2 fully saturated rings. The Hall–Kier alpha value is -2.19. The van der Waals surface area contributed by atoms with Crippen LogP contribution < -0.4 is 11.5 Å². The zero-order valence-corrected chi connectivity index (χ0v) is 15.4. The predicted molar refractivity (Wildman–Crippen MR) is 102 cm³/mol. The quantitative estimate of drug-likeness (QED) is 0.850. The number of hydrogen-bond acceptors (Lipinski definition) is 6. The second-order valence-corrected chi connectivity index (χ2v) is 7.53. The molecule has 2 aromatic rings. The molecule has 0 amide bonds. The lowest BCUT2D eigenvalue weighted by Gasteiger charge is -2.44. The first kappa shape index (κ1) is 18.2. The van der Waals surface area contributed by atoms with E-state index in [1.165, 1.54) is 12.1 Å². The van der Waals surface area contributed by atoms with Gasteiger partial charge in [-0.2, -0.15) is 4.98 Å². The van der Waals surface area contributed by atoms with Crippen molar-refractivity contribution in [3.8, 4) is 0 Å². The molecule has 1 aliphatic heterocycles. The van der Waals surface area contributed by atoms with Crippen LogP contribution in [0.5, 0.6) is 0 Å². The second-order valence-electron chi connectivity index (χ2n) is 7.53. The highest BCUT2D eigenvalue weighted by atomic mass is 19.1. The third-order valence-corrected chi connectivity index (χ3v) is 5.81. The summed E-state index contributed by atoms with van der Waals surface area (Å²) in [6.45, 7) is 2.44. The van der Waals surface area contributed by atoms with E-state index in [4.69, 9.17) is 16.2 Å². The van der Waals surface area contributed by atoms with Crippen LogP contribution in [-0.2, 0) is 11.2 Å². The lowest BCUT2D eigenvalue weighted by molar-refractivity contribution is -0.0382. The number of ether oxygens (including phenoxy) is 1. The number of halogens is 1. The van der Waals surface area contributed by atoms with E-state index < -0.39 is 0 Å². The fourth-order valence-electron chi connectivity index (χ4n) is 4.47. The minimum atomic E-state index is -0.193. The van der Waals surface area contributed by atoms with Gasteiger partial charge in [-0.15, -0.1) is 5.10 Å². The number of benzene rings is 1. The van der Waals surface area contributed by atoms with Crippen LogP contribution in [0, 0.1) is 5.82 Å². The number of rotatable bonds is 4. The van der Waals surface area contributed by atoms with Crippen molar-refractivity contribution in [3.05, 3.63) is 35.6 Å². The van der Waals surface area contributed by atoms with Crippen molar-refractivity contribution in [1.82, 2.24) is 19.7 Å². The largest absolute Gasteiger partial charge is 0.378 e. The van der Waals surface area contributed by atoms with Gasteiger partial charge in [0.15, 0.2) is 0 Å². The van der Waals surface area contributed by atoms with Gasteiger partial charge in [-0.25, -0.2) is 9.07 Å². The van der Waals surface area contributed by atoms with Crippen LogP contribution in [0.3, 0.4) is 0 Å². The standard InChI is InChI=1S/C19H27FN6O/c20-14-3-1-13(2-4-14)11-17-12-27-10-9-25(17)15-5-7-16(8-6-15)26-19(22)23-18(21)24-26/h1-4,15-17H,5-12H2,(H4,21,22,23,24). The fraction of sp³-hybridized carbons (Fsp3) is 0.579. The number of nitrogens with zero attached hydrogens (tertiary/aromatic N) is 4. The molecule has 1 aromatic heterocycles. The Balaban J connectivity index is 1.39. The maximum atomic E-state index is 13.2. The Labute approximate surface area is 158 Å².